The number of aryl methyl sites for hydroxylation is 1. The molecule has 0 bridgehead atoms. The zero-order valence-electron chi connectivity index (χ0n) is 16.4. The Morgan fingerprint density at radius 3 is 2.35 bits per heavy atom. The Morgan fingerprint density at radius 1 is 1.19 bits per heavy atom. The number of carbonyl (C=O) groups excluding carboxylic acids is 1. The van der Waals surface area contributed by atoms with Crippen molar-refractivity contribution in [2.75, 3.05) is 24.6 Å². The minimum Gasteiger partial charge on any atom is -0.462 e. The Bertz CT molecular complexity index is 764. The molecule has 0 radical (unpaired) electrons. The quantitative estimate of drug-likeness (QED) is 0.444. The summed E-state index contributed by atoms with van der Waals surface area (Å²) in [7, 11) is 0. The Labute approximate surface area is 164 Å². The number of carbonyl (C=O) groups is 1. The van der Waals surface area contributed by atoms with Gasteiger partial charge >= 0.3 is 5.97 Å². The van der Waals surface area contributed by atoms with Crippen molar-refractivity contribution in [3.8, 4) is 0 Å². The van der Waals surface area contributed by atoms with E-state index >= 15 is 0 Å². The summed E-state index contributed by atoms with van der Waals surface area (Å²) >= 11 is 7.54. The predicted octanol–water partition coefficient (Wildman–Crippen LogP) is 5.34. The minimum atomic E-state index is -0.298. The normalized spacial score (nSPS) is 11.6. The molecule has 2 heterocycles. The molecule has 26 heavy (non-hydrogen) atoms. The van der Waals surface area contributed by atoms with Crippen molar-refractivity contribution in [2.45, 2.75) is 48.0 Å². The van der Waals surface area contributed by atoms with Gasteiger partial charge in [0.2, 0.25) is 5.28 Å². The van der Waals surface area contributed by atoms with Gasteiger partial charge in [-0.1, -0.05) is 34.6 Å². The maximum atomic E-state index is 12.4. The van der Waals surface area contributed by atoms with Gasteiger partial charge in [0.1, 0.15) is 15.5 Å². The summed E-state index contributed by atoms with van der Waals surface area (Å²) in [6.07, 6.45) is 0.795. The van der Waals surface area contributed by atoms with E-state index in [9.17, 15) is 4.79 Å². The number of hydrogen-bond acceptors (Lipinski definition) is 6. The lowest BCUT2D eigenvalue weighted by atomic mass is 10.1. The first-order valence-corrected chi connectivity index (χ1v) is 10.3. The molecule has 2 aromatic rings. The Hall–Kier alpha value is -1.40. The van der Waals surface area contributed by atoms with E-state index in [0.717, 1.165) is 41.1 Å². The van der Waals surface area contributed by atoms with Gasteiger partial charge in [0.25, 0.3) is 0 Å². The summed E-state index contributed by atoms with van der Waals surface area (Å²) in [6, 6.07) is 0. The molecule has 0 spiro atoms. The zero-order valence-corrected chi connectivity index (χ0v) is 18.0. The summed E-state index contributed by atoms with van der Waals surface area (Å²) in [5.74, 6) is 1.47. The number of hydrogen-bond donors (Lipinski definition) is 0. The minimum absolute atomic E-state index is 0.208. The van der Waals surface area contributed by atoms with Crippen LogP contribution in [0.3, 0.4) is 0 Å². The number of esters is 1. The average Bonchev–Trinajstić information content (AvgIpc) is 2.87. The Kier molecular flexibility index (Phi) is 7.24. The maximum absolute atomic E-state index is 12.4. The number of ether oxygens (including phenoxy) is 1. The van der Waals surface area contributed by atoms with Crippen LogP contribution in [-0.4, -0.2) is 35.6 Å². The number of halogens is 1. The molecule has 0 fully saturated rings. The summed E-state index contributed by atoms with van der Waals surface area (Å²) in [6.45, 7) is 14.8. The van der Waals surface area contributed by atoms with Gasteiger partial charge in [-0.3, -0.25) is 0 Å². The monoisotopic (exact) mass is 397 g/mol. The highest BCUT2D eigenvalue weighted by molar-refractivity contribution is 7.20. The van der Waals surface area contributed by atoms with Crippen LogP contribution in [-0.2, 0) is 4.74 Å². The highest BCUT2D eigenvalue weighted by atomic mass is 35.5. The molecule has 0 saturated heterocycles. The van der Waals surface area contributed by atoms with E-state index in [1.165, 1.54) is 11.3 Å². The van der Waals surface area contributed by atoms with E-state index in [0.29, 0.717) is 23.3 Å². The summed E-state index contributed by atoms with van der Waals surface area (Å²) in [5, 5.41) is 1.11. The van der Waals surface area contributed by atoms with Gasteiger partial charge in [0.15, 0.2) is 0 Å². The van der Waals surface area contributed by atoms with Crippen molar-refractivity contribution in [2.24, 2.45) is 11.8 Å². The van der Waals surface area contributed by atoms with E-state index < -0.39 is 0 Å². The van der Waals surface area contributed by atoms with E-state index in [2.05, 4.69) is 42.6 Å². The van der Waals surface area contributed by atoms with Crippen molar-refractivity contribution in [1.82, 2.24) is 9.97 Å². The molecule has 0 atom stereocenters. The molecule has 7 heteroatoms. The van der Waals surface area contributed by atoms with Gasteiger partial charge in [-0.15, -0.1) is 11.3 Å². The molecule has 0 aliphatic carbocycles. The van der Waals surface area contributed by atoms with Crippen LogP contribution in [0.2, 0.25) is 5.28 Å². The molecule has 144 valence electrons. The number of thiophene rings is 1. The van der Waals surface area contributed by atoms with Crippen LogP contribution in [0.1, 0.15) is 56.3 Å². The first-order valence-electron chi connectivity index (χ1n) is 9.13. The summed E-state index contributed by atoms with van der Waals surface area (Å²) in [5.41, 5.74) is 0.871. The molecule has 5 nitrogen and oxygen atoms in total. The van der Waals surface area contributed by atoms with Crippen molar-refractivity contribution >= 4 is 44.9 Å². The topological polar surface area (TPSA) is 55.3 Å². The van der Waals surface area contributed by atoms with E-state index in [1.807, 2.05) is 13.8 Å². The standard InChI is InChI=1S/C19H28ClN3O2S/c1-7-8-25-18(24)15-13(6)14-16(21-19(20)22-17(14)26-15)23(9-11(2)3)10-12(4)5/h11-12H,7-10H2,1-6H3. The molecule has 0 aromatic carbocycles. The van der Waals surface area contributed by atoms with Gasteiger partial charge in [-0.25, -0.2) is 9.78 Å². The van der Waals surface area contributed by atoms with Crippen molar-refractivity contribution in [3.05, 3.63) is 15.7 Å². The van der Waals surface area contributed by atoms with E-state index in [1.54, 1.807) is 0 Å². The fraction of sp³-hybridized carbons (Fsp3) is 0.632. The maximum Gasteiger partial charge on any atom is 0.348 e. The van der Waals surface area contributed by atoms with Crippen molar-refractivity contribution < 1.29 is 9.53 Å². The van der Waals surface area contributed by atoms with Crippen LogP contribution in [0.15, 0.2) is 0 Å². The largest absolute Gasteiger partial charge is 0.462 e. The third-order valence-corrected chi connectivity index (χ3v) is 5.17. The number of aromatic nitrogens is 2. The molecule has 0 saturated carbocycles. The van der Waals surface area contributed by atoms with Crippen LogP contribution >= 0.6 is 22.9 Å². The van der Waals surface area contributed by atoms with Gasteiger partial charge < -0.3 is 9.64 Å². The molecule has 0 N–H and O–H groups in total. The van der Waals surface area contributed by atoms with Crippen LogP contribution in [0.5, 0.6) is 0 Å². The fourth-order valence-electron chi connectivity index (χ4n) is 2.91. The third-order valence-electron chi connectivity index (χ3n) is 3.84. The fourth-order valence-corrected chi connectivity index (χ4v) is 4.19. The molecule has 0 unspecified atom stereocenters. The smallest absolute Gasteiger partial charge is 0.348 e. The van der Waals surface area contributed by atoms with Gasteiger partial charge in [-0.05, 0) is 42.3 Å². The highest BCUT2D eigenvalue weighted by Gasteiger charge is 2.24. The Morgan fingerprint density at radius 2 is 1.81 bits per heavy atom. The zero-order chi connectivity index (χ0) is 19.4. The average molecular weight is 398 g/mol. The van der Waals surface area contributed by atoms with E-state index in [4.69, 9.17) is 16.3 Å². The predicted molar refractivity (Wildman–Crippen MR) is 110 cm³/mol. The highest BCUT2D eigenvalue weighted by Crippen LogP contribution is 2.37. The third kappa shape index (κ3) is 4.86. The SMILES string of the molecule is CCCOC(=O)c1sc2nc(Cl)nc(N(CC(C)C)CC(C)C)c2c1C. The Balaban J connectivity index is 2.57. The lowest BCUT2D eigenvalue weighted by Crippen LogP contribution is -2.32. The second-order valence-electron chi connectivity index (χ2n) is 7.38. The molecule has 0 aliphatic heterocycles. The molecular formula is C19H28ClN3O2S. The molecule has 2 rings (SSSR count). The summed E-state index contributed by atoms with van der Waals surface area (Å²) in [4.78, 5) is 24.9. The van der Waals surface area contributed by atoms with Crippen LogP contribution in [0.4, 0.5) is 5.82 Å². The number of anilines is 1. The molecule has 0 amide bonds. The molecule has 2 aromatic heterocycles. The van der Waals surface area contributed by atoms with E-state index in [-0.39, 0.29) is 11.3 Å². The lowest BCUT2D eigenvalue weighted by molar-refractivity contribution is 0.0510. The van der Waals surface area contributed by atoms with Crippen LogP contribution in [0, 0.1) is 18.8 Å². The summed E-state index contributed by atoms with van der Waals surface area (Å²) < 4.78 is 5.32. The number of fused-ring (bicyclic) bond motifs is 1. The van der Waals surface area contributed by atoms with Gasteiger partial charge in [0, 0.05) is 13.1 Å². The second kappa shape index (κ2) is 9.00. The number of rotatable bonds is 8. The van der Waals surface area contributed by atoms with Crippen LogP contribution < -0.4 is 4.90 Å². The van der Waals surface area contributed by atoms with Gasteiger partial charge in [-0.2, -0.15) is 4.98 Å². The molecular weight excluding hydrogens is 370 g/mol. The lowest BCUT2D eigenvalue weighted by Gasteiger charge is -2.28. The van der Waals surface area contributed by atoms with Crippen molar-refractivity contribution in [3.63, 3.8) is 0 Å². The van der Waals surface area contributed by atoms with Crippen LogP contribution in [0.25, 0.3) is 10.2 Å². The molecule has 0 aliphatic rings. The first kappa shape index (κ1) is 20.9. The second-order valence-corrected chi connectivity index (χ2v) is 8.72. The first-order chi connectivity index (χ1) is 12.2. The number of nitrogens with zero attached hydrogens (tertiary/aromatic N) is 3. The van der Waals surface area contributed by atoms with Gasteiger partial charge in [0.05, 0.1) is 12.0 Å². The van der Waals surface area contributed by atoms with Crippen molar-refractivity contribution in [1.29, 1.82) is 0 Å².